The predicted octanol–water partition coefficient (Wildman–Crippen LogP) is 5.73. The molecule has 0 atom stereocenters. The lowest BCUT2D eigenvalue weighted by molar-refractivity contribution is -0.384. The van der Waals surface area contributed by atoms with Crippen molar-refractivity contribution in [3.8, 4) is 17.6 Å². The van der Waals surface area contributed by atoms with E-state index in [1.54, 1.807) is 49.4 Å². The molecule has 0 unspecified atom stereocenters. The van der Waals surface area contributed by atoms with Crippen LogP contribution >= 0.6 is 11.6 Å². The van der Waals surface area contributed by atoms with Crippen LogP contribution in [-0.4, -0.2) is 24.0 Å². The molecule has 0 aliphatic rings. The van der Waals surface area contributed by atoms with Gasteiger partial charge >= 0.3 is 0 Å². The first-order valence-corrected chi connectivity index (χ1v) is 10.6. The Bertz CT molecular complexity index is 1250. The largest absolute Gasteiger partial charge is 0.490 e. The summed E-state index contributed by atoms with van der Waals surface area (Å²) < 4.78 is 11.3. The fraction of sp³-hybridized carbons (Fsp3) is 0.120. The number of nitrogens with one attached hydrogen (secondary N) is 1. The maximum absolute atomic E-state index is 12.2. The van der Waals surface area contributed by atoms with E-state index < -0.39 is 4.92 Å². The zero-order valence-electron chi connectivity index (χ0n) is 18.2. The van der Waals surface area contributed by atoms with E-state index in [2.05, 4.69) is 11.4 Å². The van der Waals surface area contributed by atoms with Crippen molar-refractivity contribution in [3.05, 3.63) is 93.0 Å². The van der Waals surface area contributed by atoms with Crippen LogP contribution < -0.4 is 14.8 Å². The van der Waals surface area contributed by atoms with Crippen molar-refractivity contribution in [1.82, 2.24) is 0 Å². The lowest BCUT2D eigenvalue weighted by Gasteiger charge is -2.14. The zero-order valence-corrected chi connectivity index (χ0v) is 18.9. The molecule has 3 rings (SSSR count). The Morgan fingerprint density at radius 1 is 1.15 bits per heavy atom. The molecular weight excluding hydrogens is 458 g/mol. The Labute approximate surface area is 201 Å². The van der Waals surface area contributed by atoms with Crippen molar-refractivity contribution < 1.29 is 19.2 Å². The second-order valence-electron chi connectivity index (χ2n) is 6.94. The number of para-hydroxylation sites is 1. The van der Waals surface area contributed by atoms with Crippen LogP contribution in [0.4, 0.5) is 11.4 Å². The summed E-state index contributed by atoms with van der Waals surface area (Å²) in [7, 11) is 0. The summed E-state index contributed by atoms with van der Waals surface area (Å²) in [4.78, 5) is 22.6. The second-order valence-corrected chi connectivity index (χ2v) is 7.35. The van der Waals surface area contributed by atoms with Crippen molar-refractivity contribution in [3.63, 3.8) is 0 Å². The SMILES string of the molecule is CCOc1cc(/C=C(\C#N)c2ccc([N+](=O)[O-])cc2)cc(Cl)c1OCC(=O)Nc1ccccc1. The average molecular weight is 478 g/mol. The second kappa shape index (κ2) is 11.5. The molecule has 3 aromatic carbocycles. The number of nitriles is 1. The molecule has 0 fully saturated rings. The first kappa shape index (κ1) is 24.3. The number of nitrogens with zero attached hydrogens (tertiary/aromatic N) is 2. The number of carbonyl (C=O) groups excluding carboxylic acids is 1. The van der Waals surface area contributed by atoms with Crippen molar-refractivity contribution in [2.24, 2.45) is 0 Å². The van der Waals surface area contributed by atoms with Crippen molar-refractivity contribution in [2.45, 2.75) is 6.92 Å². The van der Waals surface area contributed by atoms with Crippen LogP contribution in [0.2, 0.25) is 5.02 Å². The number of anilines is 1. The lowest BCUT2D eigenvalue weighted by atomic mass is 10.0. The predicted molar refractivity (Wildman–Crippen MR) is 130 cm³/mol. The standard InChI is InChI=1S/C25H20ClN3O5/c1-2-33-23-14-17(12-19(15-27)18-8-10-21(11-9-18)29(31)32)13-22(26)25(23)34-16-24(30)28-20-6-4-3-5-7-20/h3-14H,2,16H2,1H3,(H,28,30)/b19-12+. The number of hydrogen-bond donors (Lipinski definition) is 1. The number of benzene rings is 3. The normalized spacial score (nSPS) is 10.8. The van der Waals surface area contributed by atoms with Crippen LogP contribution in [0.3, 0.4) is 0 Å². The van der Waals surface area contributed by atoms with E-state index >= 15 is 0 Å². The van der Waals surface area contributed by atoms with Crippen molar-refractivity contribution in [1.29, 1.82) is 5.26 Å². The third kappa shape index (κ3) is 6.34. The van der Waals surface area contributed by atoms with E-state index in [1.807, 2.05) is 6.07 Å². The number of ether oxygens (including phenoxy) is 2. The number of carbonyl (C=O) groups is 1. The number of rotatable bonds is 9. The topological polar surface area (TPSA) is 114 Å². The van der Waals surface area contributed by atoms with E-state index in [1.165, 1.54) is 24.3 Å². The fourth-order valence-corrected chi connectivity index (χ4v) is 3.31. The molecule has 172 valence electrons. The van der Waals surface area contributed by atoms with Gasteiger partial charge in [-0.05, 0) is 60.5 Å². The molecule has 1 amide bonds. The van der Waals surface area contributed by atoms with E-state index in [0.717, 1.165) is 0 Å². The van der Waals surface area contributed by atoms with Gasteiger partial charge in [-0.15, -0.1) is 0 Å². The quantitative estimate of drug-likeness (QED) is 0.182. The number of hydrogen-bond acceptors (Lipinski definition) is 6. The highest BCUT2D eigenvalue weighted by Crippen LogP contribution is 2.38. The maximum atomic E-state index is 12.2. The molecule has 0 heterocycles. The molecule has 34 heavy (non-hydrogen) atoms. The van der Waals surface area contributed by atoms with Gasteiger partial charge in [-0.3, -0.25) is 14.9 Å². The van der Waals surface area contributed by atoms with Gasteiger partial charge in [0.15, 0.2) is 18.1 Å². The molecule has 0 saturated heterocycles. The Morgan fingerprint density at radius 3 is 2.47 bits per heavy atom. The number of nitro groups is 1. The summed E-state index contributed by atoms with van der Waals surface area (Å²) in [6.45, 7) is 1.83. The molecule has 0 radical (unpaired) electrons. The number of nitro benzene ring substituents is 1. The van der Waals surface area contributed by atoms with Gasteiger partial charge in [0.05, 0.1) is 28.2 Å². The lowest BCUT2D eigenvalue weighted by Crippen LogP contribution is -2.20. The molecule has 9 heteroatoms. The first-order valence-electron chi connectivity index (χ1n) is 10.2. The molecular formula is C25H20ClN3O5. The van der Waals surface area contributed by atoms with Crippen LogP contribution in [0.1, 0.15) is 18.1 Å². The van der Waals surface area contributed by atoms with Crippen LogP contribution in [0, 0.1) is 21.4 Å². The molecule has 0 spiro atoms. The number of allylic oxidation sites excluding steroid dienone is 1. The summed E-state index contributed by atoms with van der Waals surface area (Å²) in [5, 5.41) is 23.4. The highest BCUT2D eigenvalue weighted by Gasteiger charge is 2.15. The Hall–Kier alpha value is -4.35. The molecule has 8 nitrogen and oxygen atoms in total. The third-order valence-electron chi connectivity index (χ3n) is 4.56. The van der Waals surface area contributed by atoms with E-state index in [0.29, 0.717) is 29.2 Å². The summed E-state index contributed by atoms with van der Waals surface area (Å²) in [6, 6.07) is 19.9. The summed E-state index contributed by atoms with van der Waals surface area (Å²) in [5.41, 5.74) is 1.93. The van der Waals surface area contributed by atoms with Crippen LogP contribution in [-0.2, 0) is 4.79 Å². The first-order chi connectivity index (χ1) is 16.4. The number of halogens is 1. The summed E-state index contributed by atoms with van der Waals surface area (Å²) in [6.07, 6.45) is 1.58. The molecule has 0 bridgehead atoms. The van der Waals surface area contributed by atoms with Gasteiger partial charge in [-0.2, -0.15) is 5.26 Å². The Balaban J connectivity index is 1.82. The van der Waals surface area contributed by atoms with Crippen molar-refractivity contribution in [2.75, 3.05) is 18.5 Å². The summed E-state index contributed by atoms with van der Waals surface area (Å²) in [5.74, 6) is 0.158. The van der Waals surface area contributed by atoms with E-state index in [-0.39, 0.29) is 34.5 Å². The number of non-ortho nitro benzene ring substituents is 1. The monoisotopic (exact) mass is 477 g/mol. The molecule has 1 N–H and O–H groups in total. The van der Waals surface area contributed by atoms with E-state index in [9.17, 15) is 20.2 Å². The molecule has 0 aromatic heterocycles. The summed E-state index contributed by atoms with van der Waals surface area (Å²) >= 11 is 6.42. The van der Waals surface area contributed by atoms with Gasteiger partial charge in [0.2, 0.25) is 0 Å². The van der Waals surface area contributed by atoms with Gasteiger partial charge in [-0.25, -0.2) is 0 Å². The Morgan fingerprint density at radius 2 is 1.85 bits per heavy atom. The highest BCUT2D eigenvalue weighted by atomic mass is 35.5. The smallest absolute Gasteiger partial charge is 0.269 e. The molecule has 0 aliphatic carbocycles. The van der Waals surface area contributed by atoms with Crippen molar-refractivity contribution >= 4 is 40.5 Å². The van der Waals surface area contributed by atoms with Crippen LogP contribution in [0.5, 0.6) is 11.5 Å². The minimum atomic E-state index is -0.507. The molecule has 3 aromatic rings. The third-order valence-corrected chi connectivity index (χ3v) is 4.84. The number of amides is 1. The molecule has 0 saturated carbocycles. The van der Waals surface area contributed by atoms with Gasteiger partial charge in [0, 0.05) is 17.8 Å². The minimum absolute atomic E-state index is 0.0690. The Kier molecular flexibility index (Phi) is 8.21. The van der Waals surface area contributed by atoms with Gasteiger partial charge in [0.25, 0.3) is 11.6 Å². The zero-order chi connectivity index (χ0) is 24.5. The van der Waals surface area contributed by atoms with Crippen LogP contribution in [0.15, 0.2) is 66.7 Å². The maximum Gasteiger partial charge on any atom is 0.269 e. The highest BCUT2D eigenvalue weighted by molar-refractivity contribution is 6.32. The fourth-order valence-electron chi connectivity index (χ4n) is 3.04. The average Bonchev–Trinajstić information content (AvgIpc) is 2.83. The molecule has 0 aliphatic heterocycles. The minimum Gasteiger partial charge on any atom is -0.490 e. The van der Waals surface area contributed by atoms with E-state index in [4.69, 9.17) is 21.1 Å². The van der Waals surface area contributed by atoms with Gasteiger partial charge in [0.1, 0.15) is 0 Å². The van der Waals surface area contributed by atoms with Gasteiger partial charge in [-0.1, -0.05) is 29.8 Å². The van der Waals surface area contributed by atoms with Crippen LogP contribution in [0.25, 0.3) is 11.6 Å². The van der Waals surface area contributed by atoms with Gasteiger partial charge < -0.3 is 14.8 Å².